The Labute approximate surface area is 68.6 Å². The number of rotatable bonds is 1. The van der Waals surface area contributed by atoms with Gasteiger partial charge in [0.25, 0.3) is 0 Å². The quantitative estimate of drug-likeness (QED) is 0.562. The third kappa shape index (κ3) is 2.21. The molecule has 63 valence electrons. The van der Waals surface area contributed by atoms with Gasteiger partial charge in [0.2, 0.25) is 5.91 Å². The molecule has 2 nitrogen and oxygen atoms in total. The number of carbonyl (C=O) groups excluding carboxylic acids is 1. The summed E-state index contributed by atoms with van der Waals surface area (Å²) in [5.41, 5.74) is 0. The summed E-state index contributed by atoms with van der Waals surface area (Å²) in [5.74, 6) is 0.192. The minimum atomic E-state index is 0.192. The van der Waals surface area contributed by atoms with Gasteiger partial charge in [-0.05, 0) is 32.1 Å². The van der Waals surface area contributed by atoms with E-state index in [-0.39, 0.29) is 5.91 Å². The molecule has 1 rings (SSSR count). The Hall–Kier alpha value is -0.530. The van der Waals surface area contributed by atoms with E-state index in [9.17, 15) is 4.79 Å². The van der Waals surface area contributed by atoms with Gasteiger partial charge in [-0.3, -0.25) is 4.79 Å². The van der Waals surface area contributed by atoms with Crippen molar-refractivity contribution in [3.05, 3.63) is 6.42 Å². The van der Waals surface area contributed by atoms with Crippen LogP contribution in [0.4, 0.5) is 0 Å². The molecule has 0 aromatic carbocycles. The van der Waals surface area contributed by atoms with Crippen molar-refractivity contribution in [2.45, 2.75) is 38.6 Å². The summed E-state index contributed by atoms with van der Waals surface area (Å²) in [6, 6.07) is 0.498. The van der Waals surface area contributed by atoms with Crippen LogP contribution in [0.1, 0.15) is 32.6 Å². The molecule has 1 amide bonds. The summed E-state index contributed by atoms with van der Waals surface area (Å²) in [6.45, 7) is 1.64. The first-order chi connectivity index (χ1) is 5.22. The number of hydrogen-bond donors (Lipinski definition) is 0. The molecule has 1 radical (unpaired) electrons. The molecule has 0 bridgehead atoms. The fourth-order valence-corrected chi connectivity index (χ4v) is 1.55. The highest BCUT2D eigenvalue weighted by molar-refractivity contribution is 5.73. The van der Waals surface area contributed by atoms with Crippen LogP contribution in [0, 0.1) is 6.42 Å². The van der Waals surface area contributed by atoms with Gasteiger partial charge in [-0.15, -0.1) is 0 Å². The fraction of sp³-hybridized carbons (Fsp3) is 0.778. The molecule has 1 aliphatic carbocycles. The monoisotopic (exact) mass is 154 g/mol. The summed E-state index contributed by atoms with van der Waals surface area (Å²) in [7, 11) is 1.90. The first-order valence-corrected chi connectivity index (χ1v) is 4.27. The minimum absolute atomic E-state index is 0.192. The Morgan fingerprint density at radius 3 is 2.45 bits per heavy atom. The largest absolute Gasteiger partial charge is 0.343 e. The summed E-state index contributed by atoms with van der Waals surface area (Å²) in [4.78, 5) is 12.8. The van der Waals surface area contributed by atoms with E-state index in [0.717, 1.165) is 12.8 Å². The van der Waals surface area contributed by atoms with Gasteiger partial charge in [0.05, 0.1) is 0 Å². The van der Waals surface area contributed by atoms with Crippen LogP contribution in [-0.4, -0.2) is 23.9 Å². The zero-order valence-corrected chi connectivity index (χ0v) is 7.34. The van der Waals surface area contributed by atoms with E-state index in [0.29, 0.717) is 6.04 Å². The van der Waals surface area contributed by atoms with Crippen LogP contribution in [0.15, 0.2) is 0 Å². The van der Waals surface area contributed by atoms with Crippen molar-refractivity contribution in [3.63, 3.8) is 0 Å². The SMILES string of the molecule is CC(=O)N(C)C1CC[CH]CC1. The van der Waals surface area contributed by atoms with Crippen LogP contribution in [0.25, 0.3) is 0 Å². The molecule has 1 fully saturated rings. The molecule has 1 aliphatic rings. The van der Waals surface area contributed by atoms with Crippen LogP contribution in [-0.2, 0) is 4.79 Å². The van der Waals surface area contributed by atoms with E-state index in [2.05, 4.69) is 6.42 Å². The lowest BCUT2D eigenvalue weighted by atomic mass is 9.94. The second kappa shape index (κ2) is 3.74. The van der Waals surface area contributed by atoms with Crippen molar-refractivity contribution in [2.75, 3.05) is 7.05 Å². The van der Waals surface area contributed by atoms with Crippen molar-refractivity contribution in [3.8, 4) is 0 Å². The topological polar surface area (TPSA) is 20.3 Å². The molecule has 11 heavy (non-hydrogen) atoms. The van der Waals surface area contributed by atoms with E-state index in [4.69, 9.17) is 0 Å². The van der Waals surface area contributed by atoms with Crippen molar-refractivity contribution < 1.29 is 4.79 Å². The van der Waals surface area contributed by atoms with Crippen molar-refractivity contribution in [1.29, 1.82) is 0 Å². The summed E-state index contributed by atoms with van der Waals surface area (Å²) < 4.78 is 0. The highest BCUT2D eigenvalue weighted by Gasteiger charge is 2.19. The molecule has 0 unspecified atom stereocenters. The van der Waals surface area contributed by atoms with Gasteiger partial charge in [0, 0.05) is 20.0 Å². The minimum Gasteiger partial charge on any atom is -0.343 e. The average Bonchev–Trinajstić information content (AvgIpc) is 2.05. The summed E-state index contributed by atoms with van der Waals surface area (Å²) >= 11 is 0. The molecule has 0 aromatic rings. The lowest BCUT2D eigenvalue weighted by Gasteiger charge is -2.30. The predicted octanol–water partition coefficient (Wildman–Crippen LogP) is 1.61. The van der Waals surface area contributed by atoms with E-state index in [1.807, 2.05) is 11.9 Å². The maximum atomic E-state index is 11.0. The second-order valence-electron chi connectivity index (χ2n) is 3.23. The highest BCUT2D eigenvalue weighted by Crippen LogP contribution is 2.20. The van der Waals surface area contributed by atoms with Crippen molar-refractivity contribution in [1.82, 2.24) is 4.90 Å². The third-order valence-electron chi connectivity index (χ3n) is 2.45. The molecule has 0 saturated heterocycles. The Morgan fingerprint density at radius 2 is 2.00 bits per heavy atom. The second-order valence-corrected chi connectivity index (χ2v) is 3.23. The molecule has 0 aliphatic heterocycles. The van der Waals surface area contributed by atoms with Gasteiger partial charge < -0.3 is 4.90 Å². The van der Waals surface area contributed by atoms with Gasteiger partial charge >= 0.3 is 0 Å². The normalized spacial score (nSPS) is 19.8. The predicted molar refractivity (Wildman–Crippen MR) is 45.0 cm³/mol. The Kier molecular flexibility index (Phi) is 2.92. The van der Waals surface area contributed by atoms with Gasteiger partial charge in [-0.1, -0.05) is 0 Å². The van der Waals surface area contributed by atoms with Crippen LogP contribution >= 0.6 is 0 Å². The first kappa shape index (κ1) is 8.57. The number of nitrogens with zero attached hydrogens (tertiary/aromatic N) is 1. The van der Waals surface area contributed by atoms with Crippen molar-refractivity contribution >= 4 is 5.91 Å². The summed E-state index contributed by atoms with van der Waals surface area (Å²) in [6.07, 6.45) is 6.95. The van der Waals surface area contributed by atoms with Crippen LogP contribution < -0.4 is 0 Å². The Morgan fingerprint density at radius 1 is 1.45 bits per heavy atom. The zero-order chi connectivity index (χ0) is 8.27. The molecular weight excluding hydrogens is 138 g/mol. The lowest BCUT2D eigenvalue weighted by molar-refractivity contribution is -0.130. The molecule has 0 heterocycles. The van der Waals surface area contributed by atoms with Crippen molar-refractivity contribution in [2.24, 2.45) is 0 Å². The Bertz CT molecular complexity index is 138. The number of amides is 1. The molecule has 0 atom stereocenters. The zero-order valence-electron chi connectivity index (χ0n) is 7.34. The van der Waals surface area contributed by atoms with Crippen LogP contribution in [0.3, 0.4) is 0 Å². The highest BCUT2D eigenvalue weighted by atomic mass is 16.2. The standard InChI is InChI=1S/C9H16NO/c1-8(11)10(2)9-6-4-3-5-7-9/h3,9H,4-7H2,1-2H3. The smallest absolute Gasteiger partial charge is 0.219 e. The fourth-order valence-electron chi connectivity index (χ4n) is 1.55. The average molecular weight is 154 g/mol. The third-order valence-corrected chi connectivity index (χ3v) is 2.45. The van der Waals surface area contributed by atoms with E-state index in [1.165, 1.54) is 12.8 Å². The van der Waals surface area contributed by atoms with Gasteiger partial charge in [0.15, 0.2) is 0 Å². The number of carbonyl (C=O) groups is 1. The van der Waals surface area contributed by atoms with E-state index in [1.54, 1.807) is 6.92 Å². The maximum Gasteiger partial charge on any atom is 0.219 e. The molecule has 1 saturated carbocycles. The van der Waals surface area contributed by atoms with Crippen LogP contribution in [0.2, 0.25) is 0 Å². The first-order valence-electron chi connectivity index (χ1n) is 4.27. The molecular formula is C9H16NO. The van der Waals surface area contributed by atoms with E-state index >= 15 is 0 Å². The maximum absolute atomic E-state index is 11.0. The molecule has 2 heteroatoms. The number of hydrogen-bond acceptors (Lipinski definition) is 1. The Balaban J connectivity index is 2.38. The van der Waals surface area contributed by atoms with Crippen LogP contribution in [0.5, 0.6) is 0 Å². The molecule has 0 aromatic heterocycles. The van der Waals surface area contributed by atoms with Gasteiger partial charge in [-0.2, -0.15) is 0 Å². The lowest BCUT2D eigenvalue weighted by Crippen LogP contribution is -2.36. The van der Waals surface area contributed by atoms with Gasteiger partial charge in [-0.25, -0.2) is 0 Å². The summed E-state index contributed by atoms with van der Waals surface area (Å²) in [5, 5.41) is 0. The van der Waals surface area contributed by atoms with E-state index < -0.39 is 0 Å². The molecule has 0 N–H and O–H groups in total. The molecule has 0 spiro atoms. The van der Waals surface area contributed by atoms with Gasteiger partial charge in [0.1, 0.15) is 0 Å².